The summed E-state index contributed by atoms with van der Waals surface area (Å²) in [4.78, 5) is 75.3. The summed E-state index contributed by atoms with van der Waals surface area (Å²) in [6.45, 7) is 14.1. The Hall–Kier alpha value is -4.42. The van der Waals surface area contributed by atoms with E-state index in [2.05, 4.69) is 15.4 Å². The van der Waals surface area contributed by atoms with Crippen LogP contribution in [0, 0.1) is 23.7 Å². The molecule has 2 aromatic carbocycles. The lowest BCUT2D eigenvalue weighted by Gasteiger charge is -2.41. The number of likely N-dealkylation sites (N-methyl/N-ethyl adjacent to an activating group) is 2. The fourth-order valence-corrected chi connectivity index (χ4v) is 10.2. The smallest absolute Gasteiger partial charge is 0.256 e. The molecule has 0 radical (unpaired) electrons. The van der Waals surface area contributed by atoms with Crippen molar-refractivity contribution in [3.05, 3.63) is 71.3 Å². The van der Waals surface area contributed by atoms with Gasteiger partial charge < -0.3 is 35.6 Å². The predicted molar refractivity (Wildman–Crippen MR) is 252 cm³/mol. The molecule has 16 nitrogen and oxygen atoms in total. The molecule has 1 aliphatic heterocycles. The summed E-state index contributed by atoms with van der Waals surface area (Å²) in [6.07, 6.45) is 0.354. The highest BCUT2D eigenvalue weighted by Crippen LogP contribution is 2.30. The van der Waals surface area contributed by atoms with Crippen molar-refractivity contribution in [1.82, 2.24) is 30.1 Å². The average Bonchev–Trinajstić information content (AvgIpc) is 3.74. The van der Waals surface area contributed by atoms with Gasteiger partial charge in [0.05, 0.1) is 48.4 Å². The first-order chi connectivity index (χ1) is 30.6. The largest absolute Gasteiger partial charge is 0.379 e. The molecule has 5 N–H and O–H groups in total. The molecule has 0 saturated carbocycles. The van der Waals surface area contributed by atoms with Crippen molar-refractivity contribution in [2.75, 3.05) is 41.9 Å². The third-order valence-corrected chi connectivity index (χ3v) is 14.0. The molecule has 0 bridgehead atoms. The van der Waals surface area contributed by atoms with Crippen LogP contribution in [0.15, 0.2) is 54.6 Å². The third kappa shape index (κ3) is 15.3. The zero-order valence-corrected chi connectivity index (χ0v) is 41.5. The maximum atomic E-state index is 14.4. The Kier molecular flexibility index (Phi) is 21.5. The molecule has 0 aliphatic carbocycles. The molecule has 1 fully saturated rings. The summed E-state index contributed by atoms with van der Waals surface area (Å²) < 4.78 is 40.6. The Morgan fingerprint density at radius 1 is 0.815 bits per heavy atom. The molecule has 1 aliphatic rings. The molecule has 2 aromatic rings. The van der Waals surface area contributed by atoms with E-state index < -0.39 is 75.9 Å². The summed E-state index contributed by atoms with van der Waals surface area (Å²) in [6, 6.07) is 12.1. The lowest BCUT2D eigenvalue weighted by molar-refractivity contribution is -0.148. The summed E-state index contributed by atoms with van der Waals surface area (Å²) >= 11 is 0. The van der Waals surface area contributed by atoms with Crippen LogP contribution >= 0.6 is 0 Å². The van der Waals surface area contributed by atoms with Crippen LogP contribution in [0.25, 0.3) is 0 Å². The molecule has 1 saturated heterocycles. The van der Waals surface area contributed by atoms with Gasteiger partial charge in [-0.05, 0) is 61.4 Å². The van der Waals surface area contributed by atoms with Gasteiger partial charge in [-0.15, -0.1) is 0 Å². The number of rotatable bonds is 25. The van der Waals surface area contributed by atoms with E-state index in [-0.39, 0.29) is 48.3 Å². The first kappa shape index (κ1) is 54.9. The fraction of sp³-hybridized carbons (Fsp3) is 0.646. The van der Waals surface area contributed by atoms with Gasteiger partial charge in [-0.2, -0.15) is 0 Å². The molecule has 1 heterocycles. The summed E-state index contributed by atoms with van der Waals surface area (Å²) in [5, 5.41) is 5.82. The fourth-order valence-electron chi connectivity index (χ4n) is 9.02. The molecule has 17 heteroatoms. The minimum Gasteiger partial charge on any atom is -0.379 e. The standard InChI is InChI=1S/C48H77N7O9S/c1-13-32(6)43(54(10)48(60)41(30(2)3)51-47(59)42(31(4)5)53(8)9)39(63-11)27-40(56)55-25-17-20-38(55)44(64-12)33(7)45(57)50-37(26-34-18-15-14-16-19-34)46(58)52-65(61,62)29-36-23-21-35(28-49)22-24-36/h14-16,18-19,21-24,30-33,37-39,41-44H,13,17,20,25-29,49H2,1-12H3,(H,50,57)(H,51,59)(H,52,58)/t32-,33+,37-,38-,39+,41-,42-,43-,44+/m0/s1. The highest BCUT2D eigenvalue weighted by atomic mass is 32.2. The van der Waals surface area contributed by atoms with Crippen LogP contribution in [-0.4, -0.2) is 137 Å². The first-order valence-corrected chi connectivity index (χ1v) is 24.5. The molecule has 0 spiro atoms. The summed E-state index contributed by atoms with van der Waals surface area (Å²) in [5.41, 5.74) is 7.68. The number of nitrogens with one attached hydrogen (secondary N) is 3. The molecule has 364 valence electrons. The monoisotopic (exact) mass is 928 g/mol. The summed E-state index contributed by atoms with van der Waals surface area (Å²) in [7, 11) is 4.21. The van der Waals surface area contributed by atoms with E-state index in [9.17, 15) is 32.4 Å². The molecule has 5 amide bonds. The zero-order chi connectivity index (χ0) is 48.8. The zero-order valence-electron chi connectivity index (χ0n) is 40.7. The van der Waals surface area contributed by atoms with E-state index in [1.165, 1.54) is 14.2 Å². The van der Waals surface area contributed by atoms with Crippen LogP contribution in [0.3, 0.4) is 0 Å². The van der Waals surface area contributed by atoms with Crippen molar-refractivity contribution in [3.63, 3.8) is 0 Å². The second-order valence-electron chi connectivity index (χ2n) is 18.5. The quantitative estimate of drug-likeness (QED) is 0.113. The topological polar surface area (TPSA) is 210 Å². The van der Waals surface area contributed by atoms with Gasteiger partial charge in [0.1, 0.15) is 12.1 Å². The molecular formula is C48H77N7O9S. The molecule has 65 heavy (non-hydrogen) atoms. The van der Waals surface area contributed by atoms with Crippen molar-refractivity contribution >= 4 is 39.6 Å². The Morgan fingerprint density at radius 2 is 1.43 bits per heavy atom. The van der Waals surface area contributed by atoms with Crippen molar-refractivity contribution in [2.24, 2.45) is 29.4 Å². The van der Waals surface area contributed by atoms with Crippen molar-refractivity contribution < 1.29 is 41.9 Å². The van der Waals surface area contributed by atoms with E-state index in [0.29, 0.717) is 43.5 Å². The van der Waals surface area contributed by atoms with Gasteiger partial charge in [0.15, 0.2) is 0 Å². The van der Waals surface area contributed by atoms with E-state index in [0.717, 1.165) is 5.56 Å². The van der Waals surface area contributed by atoms with Crippen LogP contribution in [0.5, 0.6) is 0 Å². The number of sulfonamides is 1. The van der Waals surface area contributed by atoms with Crippen molar-refractivity contribution in [3.8, 4) is 0 Å². The number of nitrogens with two attached hydrogens (primary N) is 1. The van der Waals surface area contributed by atoms with E-state index in [1.54, 1.807) is 72.3 Å². The Morgan fingerprint density at radius 3 is 1.95 bits per heavy atom. The minimum atomic E-state index is -4.16. The number of carbonyl (C=O) groups excluding carboxylic acids is 5. The highest BCUT2D eigenvalue weighted by molar-refractivity contribution is 7.89. The Bertz CT molecular complexity index is 1960. The molecule has 9 atom stereocenters. The number of likely N-dealkylation sites (tertiary alicyclic amines) is 1. The molecule has 0 unspecified atom stereocenters. The number of ether oxygens (including phenoxy) is 2. The lowest BCUT2D eigenvalue weighted by Crippen LogP contribution is -2.59. The van der Waals surface area contributed by atoms with Crippen molar-refractivity contribution in [2.45, 2.75) is 135 Å². The van der Waals surface area contributed by atoms with Gasteiger partial charge in [0.25, 0.3) is 5.91 Å². The molecule has 3 rings (SSSR count). The predicted octanol–water partition coefficient (Wildman–Crippen LogP) is 3.47. The number of benzene rings is 2. The van der Waals surface area contributed by atoms with Gasteiger partial charge >= 0.3 is 0 Å². The van der Waals surface area contributed by atoms with Crippen LogP contribution in [0.2, 0.25) is 0 Å². The SMILES string of the molecule is CC[C@H](C)[C@@H]([C@@H](CC(=O)N1CCC[C@H]1[C@H](OC)[C@@H](C)C(=O)N[C@@H](Cc1ccccc1)C(=O)NS(=O)(=O)Cc1ccc(CN)cc1)OC)N(C)C(=O)[C@@H](NC(=O)[C@H](C(C)C)N(C)C)C(C)C. The van der Waals surface area contributed by atoms with Gasteiger partial charge in [-0.1, -0.05) is 109 Å². The van der Waals surface area contributed by atoms with E-state index in [1.807, 2.05) is 66.6 Å². The lowest BCUT2D eigenvalue weighted by atomic mass is 9.89. The molecular weight excluding hydrogens is 851 g/mol. The number of nitrogens with zero attached hydrogens (tertiary/aromatic N) is 3. The van der Waals surface area contributed by atoms with Gasteiger partial charge in [0, 0.05) is 40.8 Å². The number of methoxy groups -OCH3 is 2. The van der Waals surface area contributed by atoms with Crippen LogP contribution in [-0.2, 0) is 62.2 Å². The Labute approximate surface area is 388 Å². The van der Waals surface area contributed by atoms with Crippen LogP contribution in [0.4, 0.5) is 0 Å². The van der Waals surface area contributed by atoms with Gasteiger partial charge in [-0.25, -0.2) is 8.42 Å². The Balaban J connectivity index is 1.82. The van der Waals surface area contributed by atoms with Crippen LogP contribution < -0.4 is 21.1 Å². The number of hydrogen-bond donors (Lipinski definition) is 4. The van der Waals surface area contributed by atoms with Crippen LogP contribution in [0.1, 0.15) is 90.8 Å². The first-order valence-electron chi connectivity index (χ1n) is 22.9. The maximum absolute atomic E-state index is 14.4. The van der Waals surface area contributed by atoms with E-state index >= 15 is 0 Å². The normalized spacial score (nSPS) is 18.0. The average molecular weight is 928 g/mol. The van der Waals surface area contributed by atoms with Crippen molar-refractivity contribution in [1.29, 1.82) is 0 Å². The number of hydrogen-bond acceptors (Lipinski definition) is 11. The minimum absolute atomic E-state index is 0.0121. The second kappa shape index (κ2) is 25.5. The third-order valence-electron chi connectivity index (χ3n) is 12.7. The number of amides is 5. The highest BCUT2D eigenvalue weighted by Gasteiger charge is 2.43. The number of carbonyl (C=O) groups is 5. The van der Waals surface area contributed by atoms with Gasteiger partial charge in [0.2, 0.25) is 33.7 Å². The van der Waals surface area contributed by atoms with E-state index in [4.69, 9.17) is 15.2 Å². The summed E-state index contributed by atoms with van der Waals surface area (Å²) in [5.74, 6) is -3.80. The maximum Gasteiger partial charge on any atom is 0.256 e. The second-order valence-corrected chi connectivity index (χ2v) is 20.2. The van der Waals surface area contributed by atoms with Gasteiger partial charge in [-0.3, -0.25) is 33.6 Å². The molecule has 0 aromatic heterocycles.